The number of halogens is 2. The Bertz CT molecular complexity index is 985. The summed E-state index contributed by atoms with van der Waals surface area (Å²) in [6.07, 6.45) is 2.35. The lowest BCUT2D eigenvalue weighted by Crippen LogP contribution is -2.43. The minimum Gasteiger partial charge on any atom is -0.382 e. The molecule has 9 heteroatoms. The molecule has 1 aliphatic rings. The van der Waals surface area contributed by atoms with E-state index in [0.717, 1.165) is 17.7 Å². The Kier molecular flexibility index (Phi) is 6.66. The van der Waals surface area contributed by atoms with Gasteiger partial charge in [0.2, 0.25) is 0 Å². The van der Waals surface area contributed by atoms with Crippen molar-refractivity contribution in [2.24, 2.45) is 0 Å². The quantitative estimate of drug-likeness (QED) is 0.596. The van der Waals surface area contributed by atoms with E-state index in [4.69, 9.17) is 9.47 Å². The first-order valence-electron chi connectivity index (χ1n) is 9.89. The third kappa shape index (κ3) is 4.95. The zero-order chi connectivity index (χ0) is 21.8. The van der Waals surface area contributed by atoms with Crippen LogP contribution in [-0.2, 0) is 21.6 Å². The zero-order valence-electron chi connectivity index (χ0n) is 16.9. The van der Waals surface area contributed by atoms with Crippen molar-refractivity contribution >= 4 is 11.8 Å². The van der Waals surface area contributed by atoms with Crippen LogP contribution in [0.5, 0.6) is 0 Å². The van der Waals surface area contributed by atoms with E-state index >= 15 is 0 Å². The molecule has 0 aliphatic carbocycles. The molecular weight excluding hydrogens is 424 g/mol. The summed E-state index contributed by atoms with van der Waals surface area (Å²) in [7, 11) is 0. The van der Waals surface area contributed by atoms with Crippen LogP contribution in [0.1, 0.15) is 24.3 Å². The monoisotopic (exact) mass is 447 g/mol. The molecule has 4 rings (SSSR count). The smallest absolute Gasteiger partial charge is 0.183 e. The normalized spacial score (nSPS) is 22.1. The molecular formula is C22H23F2N3O3S. The fraction of sp³-hybridized carbons (Fsp3) is 0.364. The van der Waals surface area contributed by atoms with Crippen molar-refractivity contribution in [3.63, 3.8) is 0 Å². The van der Waals surface area contributed by atoms with Crippen LogP contribution in [-0.4, -0.2) is 43.6 Å². The van der Waals surface area contributed by atoms with E-state index in [1.165, 1.54) is 35.2 Å². The van der Waals surface area contributed by atoms with Gasteiger partial charge in [0, 0.05) is 22.4 Å². The third-order valence-electron chi connectivity index (χ3n) is 5.27. The van der Waals surface area contributed by atoms with E-state index in [2.05, 4.69) is 10.1 Å². The van der Waals surface area contributed by atoms with Gasteiger partial charge in [0.05, 0.1) is 25.0 Å². The van der Waals surface area contributed by atoms with Gasteiger partial charge < -0.3 is 14.6 Å². The fourth-order valence-electron chi connectivity index (χ4n) is 3.60. The molecule has 0 bridgehead atoms. The second kappa shape index (κ2) is 9.44. The van der Waals surface area contributed by atoms with Crippen LogP contribution in [0.4, 0.5) is 8.78 Å². The number of benzene rings is 2. The maximum absolute atomic E-state index is 14.6. The SMILES string of the molecule is CC(SC1COC(c2ccccc2)OC1)C(O)(Cn1cncn1)c1ccc(F)cc1F. The van der Waals surface area contributed by atoms with Gasteiger partial charge in [-0.25, -0.2) is 18.4 Å². The molecule has 2 atom stereocenters. The van der Waals surface area contributed by atoms with E-state index in [1.54, 1.807) is 6.92 Å². The van der Waals surface area contributed by atoms with Crippen LogP contribution in [0.3, 0.4) is 0 Å². The molecule has 0 spiro atoms. The average molecular weight is 448 g/mol. The number of rotatable bonds is 7. The van der Waals surface area contributed by atoms with Gasteiger partial charge in [-0.2, -0.15) is 5.10 Å². The number of ether oxygens (including phenoxy) is 2. The molecule has 2 aromatic carbocycles. The maximum Gasteiger partial charge on any atom is 0.183 e. The number of thioether (sulfide) groups is 1. The summed E-state index contributed by atoms with van der Waals surface area (Å²) in [5.41, 5.74) is -0.717. The van der Waals surface area contributed by atoms with Crippen LogP contribution in [0.2, 0.25) is 0 Å². The van der Waals surface area contributed by atoms with Gasteiger partial charge in [-0.15, -0.1) is 11.8 Å². The fourth-order valence-corrected chi connectivity index (χ4v) is 4.92. The lowest BCUT2D eigenvalue weighted by atomic mass is 9.90. The van der Waals surface area contributed by atoms with Crippen molar-refractivity contribution in [2.45, 2.75) is 35.9 Å². The molecule has 0 radical (unpaired) electrons. The minimum absolute atomic E-state index is 0.00390. The van der Waals surface area contributed by atoms with Gasteiger partial charge in [-0.05, 0) is 6.07 Å². The lowest BCUT2D eigenvalue weighted by Gasteiger charge is -2.37. The van der Waals surface area contributed by atoms with Crippen LogP contribution in [0, 0.1) is 11.6 Å². The van der Waals surface area contributed by atoms with Gasteiger partial charge in [0.25, 0.3) is 0 Å². The molecule has 1 fully saturated rings. The van der Waals surface area contributed by atoms with Crippen LogP contribution in [0.25, 0.3) is 0 Å². The molecule has 2 heterocycles. The molecule has 0 saturated carbocycles. The first-order chi connectivity index (χ1) is 15.0. The molecule has 1 aliphatic heterocycles. The summed E-state index contributed by atoms with van der Waals surface area (Å²) in [4.78, 5) is 3.89. The maximum atomic E-state index is 14.6. The number of hydrogen-bond acceptors (Lipinski definition) is 6. The molecule has 2 unspecified atom stereocenters. The van der Waals surface area contributed by atoms with Crippen molar-refractivity contribution in [2.75, 3.05) is 13.2 Å². The highest BCUT2D eigenvalue weighted by molar-refractivity contribution is 8.00. The molecule has 31 heavy (non-hydrogen) atoms. The van der Waals surface area contributed by atoms with E-state index in [-0.39, 0.29) is 17.4 Å². The second-order valence-electron chi connectivity index (χ2n) is 7.45. The Morgan fingerprint density at radius 3 is 2.58 bits per heavy atom. The number of aromatic nitrogens is 3. The average Bonchev–Trinajstić information content (AvgIpc) is 3.27. The van der Waals surface area contributed by atoms with Crippen molar-refractivity contribution in [1.29, 1.82) is 0 Å². The predicted octanol–water partition coefficient (Wildman–Crippen LogP) is 3.68. The molecule has 0 amide bonds. The molecule has 6 nitrogen and oxygen atoms in total. The Morgan fingerprint density at radius 1 is 1.19 bits per heavy atom. The van der Waals surface area contributed by atoms with Crippen molar-refractivity contribution < 1.29 is 23.4 Å². The largest absolute Gasteiger partial charge is 0.382 e. The highest BCUT2D eigenvalue weighted by Gasteiger charge is 2.41. The van der Waals surface area contributed by atoms with Gasteiger partial charge in [0.15, 0.2) is 6.29 Å². The minimum atomic E-state index is -1.66. The first-order valence-corrected chi connectivity index (χ1v) is 10.8. The first kappa shape index (κ1) is 21.9. The summed E-state index contributed by atoms with van der Waals surface area (Å²) < 4.78 is 41.3. The summed E-state index contributed by atoms with van der Waals surface area (Å²) in [6, 6.07) is 12.8. The zero-order valence-corrected chi connectivity index (χ0v) is 17.7. The van der Waals surface area contributed by atoms with Gasteiger partial charge in [-0.1, -0.05) is 43.3 Å². The molecule has 3 aromatic rings. The van der Waals surface area contributed by atoms with E-state index in [9.17, 15) is 13.9 Å². The number of aliphatic hydroxyl groups is 1. The van der Waals surface area contributed by atoms with Crippen LogP contribution < -0.4 is 0 Å². The van der Waals surface area contributed by atoms with Crippen LogP contribution >= 0.6 is 11.8 Å². The third-order valence-corrected chi connectivity index (χ3v) is 6.73. The van der Waals surface area contributed by atoms with Gasteiger partial charge >= 0.3 is 0 Å². The van der Waals surface area contributed by atoms with Gasteiger partial charge in [-0.3, -0.25) is 0 Å². The highest BCUT2D eigenvalue weighted by atomic mass is 32.2. The Hall–Kier alpha value is -2.33. The predicted molar refractivity (Wildman–Crippen MR) is 112 cm³/mol. The van der Waals surface area contributed by atoms with Crippen molar-refractivity contribution in [3.8, 4) is 0 Å². The number of hydrogen-bond donors (Lipinski definition) is 1. The molecule has 1 saturated heterocycles. The molecule has 164 valence electrons. The van der Waals surface area contributed by atoms with Crippen molar-refractivity contribution in [1.82, 2.24) is 14.8 Å². The van der Waals surface area contributed by atoms with Gasteiger partial charge in [0.1, 0.15) is 29.9 Å². The van der Waals surface area contributed by atoms with E-state index < -0.39 is 28.8 Å². The highest BCUT2D eigenvalue weighted by Crippen LogP contribution is 2.39. The molecule has 1 aromatic heterocycles. The Morgan fingerprint density at radius 2 is 1.94 bits per heavy atom. The number of nitrogens with zero attached hydrogens (tertiary/aromatic N) is 3. The summed E-state index contributed by atoms with van der Waals surface area (Å²) in [5.74, 6) is -1.51. The standard InChI is InChI=1S/C22H23F2N3O3S/c1-15(31-18-10-29-21(30-11-18)16-5-3-2-4-6-16)22(28,12-27-14-25-13-26-27)19-8-7-17(23)9-20(19)24/h2-9,13-15,18,21,28H,10-12H2,1H3. The van der Waals surface area contributed by atoms with E-state index in [1.807, 2.05) is 30.3 Å². The van der Waals surface area contributed by atoms with Crippen molar-refractivity contribution in [3.05, 3.63) is 83.9 Å². The lowest BCUT2D eigenvalue weighted by molar-refractivity contribution is -0.180. The molecule has 1 N–H and O–H groups in total. The second-order valence-corrected chi connectivity index (χ2v) is 9.10. The summed E-state index contributed by atoms with van der Waals surface area (Å²) in [5, 5.41) is 15.1. The summed E-state index contributed by atoms with van der Waals surface area (Å²) in [6.45, 7) is 2.60. The Labute approximate surface area is 183 Å². The van der Waals surface area contributed by atoms with Crippen LogP contribution in [0.15, 0.2) is 61.2 Å². The summed E-state index contributed by atoms with van der Waals surface area (Å²) >= 11 is 1.43. The topological polar surface area (TPSA) is 69.4 Å². The Balaban J connectivity index is 1.49. The van der Waals surface area contributed by atoms with E-state index in [0.29, 0.717) is 13.2 Å².